The van der Waals surface area contributed by atoms with Crippen LogP contribution in [-0.2, 0) is 32.5 Å². The van der Waals surface area contributed by atoms with Crippen LogP contribution in [0.2, 0.25) is 0 Å². The summed E-state index contributed by atoms with van der Waals surface area (Å²) in [7, 11) is 0.532. The summed E-state index contributed by atoms with van der Waals surface area (Å²) < 4.78 is 50.3. The lowest BCUT2D eigenvalue weighted by molar-refractivity contribution is -0.132. The van der Waals surface area contributed by atoms with Gasteiger partial charge >= 0.3 is 0 Å². The zero-order chi connectivity index (χ0) is 28.5. The molecule has 2 aromatic carbocycles. The molecule has 2 aromatic heterocycles. The fourth-order valence-electron chi connectivity index (χ4n) is 4.33. The molecule has 0 fully saturated rings. The first kappa shape index (κ1) is 29.1. The van der Waals surface area contributed by atoms with Gasteiger partial charge in [0.1, 0.15) is 10.7 Å². The van der Waals surface area contributed by atoms with Crippen molar-refractivity contribution in [1.82, 2.24) is 14.2 Å². The highest BCUT2D eigenvalue weighted by Crippen LogP contribution is 2.28. The van der Waals surface area contributed by atoms with Crippen molar-refractivity contribution in [3.8, 4) is 11.5 Å². The summed E-state index contributed by atoms with van der Waals surface area (Å²) in [5, 5.41) is 0.691. The van der Waals surface area contributed by atoms with E-state index < -0.39 is 10.0 Å². The smallest absolute Gasteiger partial charge is 0.245 e. The molecule has 10 nitrogen and oxygen atoms in total. The maximum Gasteiger partial charge on any atom is 0.245 e. The number of hydrogen-bond acceptors (Lipinski definition) is 8. The van der Waals surface area contributed by atoms with E-state index >= 15 is 0 Å². The highest BCUT2D eigenvalue weighted by Gasteiger charge is 2.30. The minimum absolute atomic E-state index is 0.00192. The van der Waals surface area contributed by atoms with E-state index in [1.54, 1.807) is 61.7 Å². The minimum atomic E-state index is -4.08. The maximum atomic E-state index is 13.9. The average Bonchev–Trinajstić information content (AvgIpc) is 3.49. The van der Waals surface area contributed by atoms with Crippen molar-refractivity contribution >= 4 is 26.8 Å². The van der Waals surface area contributed by atoms with Crippen LogP contribution >= 0.6 is 0 Å². The standard InChI is InChI=1S/C29H33N3O7S/c1-36-18-16-32(40(34,35)27-10-4-7-23-8-5-14-30-29(23)27)21-28(33)31(20-24-9-6-17-39-24)15-13-22-11-12-25(37-2)26(19-22)38-3/h4-12,14,17,19H,13,15-16,18,20-21H2,1-3H3. The summed E-state index contributed by atoms with van der Waals surface area (Å²) in [6.45, 7) is 0.254. The number of sulfonamides is 1. The normalized spacial score (nSPS) is 11.6. The van der Waals surface area contributed by atoms with Crippen molar-refractivity contribution in [1.29, 1.82) is 0 Å². The van der Waals surface area contributed by atoms with Crippen LogP contribution in [0.3, 0.4) is 0 Å². The predicted molar refractivity (Wildman–Crippen MR) is 150 cm³/mol. The van der Waals surface area contributed by atoms with Gasteiger partial charge in [0.2, 0.25) is 15.9 Å². The second-order valence-electron chi connectivity index (χ2n) is 9.00. The second-order valence-corrected chi connectivity index (χ2v) is 10.9. The van der Waals surface area contributed by atoms with Gasteiger partial charge in [-0.2, -0.15) is 4.31 Å². The fourth-order valence-corrected chi connectivity index (χ4v) is 5.87. The highest BCUT2D eigenvalue weighted by molar-refractivity contribution is 7.89. The molecule has 0 unspecified atom stereocenters. The topological polar surface area (TPSA) is 111 Å². The molecule has 1 amide bonds. The summed E-state index contributed by atoms with van der Waals surface area (Å²) >= 11 is 0. The molecule has 4 aromatic rings. The summed E-state index contributed by atoms with van der Waals surface area (Å²) in [6.07, 6.45) is 3.59. The van der Waals surface area contributed by atoms with Crippen molar-refractivity contribution < 1.29 is 31.8 Å². The lowest BCUT2D eigenvalue weighted by Crippen LogP contribution is -2.44. The molecule has 0 aliphatic carbocycles. The third-order valence-corrected chi connectivity index (χ3v) is 8.34. The van der Waals surface area contributed by atoms with Crippen molar-refractivity contribution in [3.05, 3.63) is 84.4 Å². The van der Waals surface area contributed by atoms with E-state index in [1.807, 2.05) is 18.2 Å². The number of nitrogens with zero attached hydrogens (tertiary/aromatic N) is 3. The van der Waals surface area contributed by atoms with Crippen LogP contribution < -0.4 is 9.47 Å². The van der Waals surface area contributed by atoms with Crippen LogP contribution in [0.5, 0.6) is 11.5 Å². The van der Waals surface area contributed by atoms with E-state index in [4.69, 9.17) is 18.6 Å². The molecule has 0 aliphatic rings. The Labute approximate surface area is 234 Å². The number of fused-ring (bicyclic) bond motifs is 1. The molecule has 2 heterocycles. The van der Waals surface area contributed by atoms with E-state index in [-0.39, 0.29) is 37.0 Å². The van der Waals surface area contributed by atoms with Gasteiger partial charge in [0, 0.05) is 31.8 Å². The largest absolute Gasteiger partial charge is 0.493 e. The predicted octanol–water partition coefficient (Wildman–Crippen LogP) is 3.75. The summed E-state index contributed by atoms with van der Waals surface area (Å²) in [6, 6.07) is 17.6. The number of carbonyl (C=O) groups excluding carboxylic acids is 1. The van der Waals surface area contributed by atoms with Gasteiger partial charge in [0.05, 0.1) is 45.7 Å². The Morgan fingerprint density at radius 1 is 0.950 bits per heavy atom. The number of methoxy groups -OCH3 is 3. The van der Waals surface area contributed by atoms with Crippen molar-refractivity contribution in [2.75, 3.05) is 47.6 Å². The van der Waals surface area contributed by atoms with Gasteiger partial charge in [0.15, 0.2) is 11.5 Å². The first-order valence-corrected chi connectivity index (χ1v) is 14.1. The molecular weight excluding hydrogens is 534 g/mol. The third kappa shape index (κ3) is 6.79. The minimum Gasteiger partial charge on any atom is -0.493 e. The average molecular weight is 568 g/mol. The van der Waals surface area contributed by atoms with E-state index in [0.717, 1.165) is 9.87 Å². The maximum absolute atomic E-state index is 13.9. The number of carbonyl (C=O) groups is 1. The Hall–Kier alpha value is -3.93. The lowest BCUT2D eigenvalue weighted by atomic mass is 10.1. The Bertz CT molecular complexity index is 1520. The van der Waals surface area contributed by atoms with Gasteiger partial charge in [-0.3, -0.25) is 9.78 Å². The van der Waals surface area contributed by atoms with E-state index in [1.165, 1.54) is 19.4 Å². The molecule has 4 rings (SSSR count). The van der Waals surface area contributed by atoms with Crippen molar-refractivity contribution in [2.24, 2.45) is 0 Å². The lowest BCUT2D eigenvalue weighted by Gasteiger charge is -2.27. The molecule has 11 heteroatoms. The number of ether oxygens (including phenoxy) is 3. The molecule has 0 saturated heterocycles. The second kappa shape index (κ2) is 13.4. The van der Waals surface area contributed by atoms with Crippen molar-refractivity contribution in [3.63, 3.8) is 0 Å². The molecule has 0 bridgehead atoms. The molecule has 0 saturated carbocycles. The molecular formula is C29H33N3O7S. The first-order valence-electron chi connectivity index (χ1n) is 12.7. The molecule has 40 heavy (non-hydrogen) atoms. The molecule has 0 N–H and O–H groups in total. The number of pyridine rings is 1. The van der Waals surface area contributed by atoms with E-state index in [2.05, 4.69) is 4.98 Å². The molecule has 212 valence electrons. The highest BCUT2D eigenvalue weighted by atomic mass is 32.2. The number of amides is 1. The van der Waals surface area contributed by atoms with Crippen molar-refractivity contribution in [2.45, 2.75) is 17.9 Å². The molecule has 0 radical (unpaired) electrons. The van der Waals surface area contributed by atoms with Crippen LogP contribution in [0, 0.1) is 0 Å². The fraction of sp³-hybridized carbons (Fsp3) is 0.310. The number of furan rings is 1. The van der Waals surface area contributed by atoms with Gasteiger partial charge < -0.3 is 23.5 Å². The van der Waals surface area contributed by atoms with Crippen LogP contribution in [0.25, 0.3) is 10.9 Å². The Morgan fingerprint density at radius 2 is 1.75 bits per heavy atom. The van der Waals surface area contributed by atoms with E-state index in [9.17, 15) is 13.2 Å². The summed E-state index contributed by atoms with van der Waals surface area (Å²) in [5.41, 5.74) is 1.28. The van der Waals surface area contributed by atoms with Gasteiger partial charge in [-0.15, -0.1) is 0 Å². The number of benzene rings is 2. The molecule has 0 atom stereocenters. The van der Waals surface area contributed by atoms with Crippen LogP contribution in [-0.4, -0.2) is 76.1 Å². The zero-order valence-electron chi connectivity index (χ0n) is 22.8. The zero-order valence-corrected chi connectivity index (χ0v) is 23.6. The number of aromatic nitrogens is 1. The van der Waals surface area contributed by atoms with Crippen LogP contribution in [0.4, 0.5) is 0 Å². The Morgan fingerprint density at radius 3 is 2.48 bits per heavy atom. The monoisotopic (exact) mass is 567 g/mol. The SMILES string of the molecule is COCCN(CC(=O)N(CCc1ccc(OC)c(OC)c1)Cc1ccco1)S(=O)(=O)c1cccc2cccnc12. The number of para-hydroxylation sites is 1. The van der Waals surface area contributed by atoms with Gasteiger partial charge in [-0.25, -0.2) is 8.42 Å². The van der Waals surface area contributed by atoms with Gasteiger partial charge in [-0.1, -0.05) is 24.3 Å². The van der Waals surface area contributed by atoms with Crippen LogP contribution in [0.15, 0.2) is 82.4 Å². The number of hydrogen-bond donors (Lipinski definition) is 0. The number of rotatable bonds is 14. The van der Waals surface area contributed by atoms with E-state index in [0.29, 0.717) is 41.1 Å². The summed E-state index contributed by atoms with van der Waals surface area (Å²) in [4.78, 5) is 19.6. The molecule has 0 aliphatic heterocycles. The third-order valence-electron chi connectivity index (χ3n) is 6.47. The Balaban J connectivity index is 1.59. The van der Waals surface area contributed by atoms with Crippen LogP contribution in [0.1, 0.15) is 11.3 Å². The molecule has 0 spiro atoms. The summed E-state index contributed by atoms with van der Waals surface area (Å²) in [5.74, 6) is 1.41. The van der Waals surface area contributed by atoms with Gasteiger partial charge in [0.25, 0.3) is 0 Å². The quantitative estimate of drug-likeness (QED) is 0.227. The first-order chi connectivity index (χ1) is 19.4. The van der Waals surface area contributed by atoms with Gasteiger partial charge in [-0.05, 0) is 48.4 Å². The Kier molecular flexibility index (Phi) is 9.75.